The van der Waals surface area contributed by atoms with Crippen molar-refractivity contribution in [1.29, 1.82) is 0 Å². The van der Waals surface area contributed by atoms with Crippen LogP contribution in [0.3, 0.4) is 0 Å². The second-order valence-corrected chi connectivity index (χ2v) is 23.4. The molecule has 2 rings (SSSR count). The lowest BCUT2D eigenvalue weighted by molar-refractivity contribution is -0.144. The zero-order valence-electron chi connectivity index (χ0n) is 50.5. The SMILES string of the molecule is CC[C@H](C)[C@H](NC(=O)[C@@H]1CCCN1C(=O)[C@H](COP(=O)(O)O)NC(=O)[C@H](CCCN=C(N)N)NC(=O)[C@H](COP(=O)(O)O)NC(=O)[C@H](Cc1ccccc1)NC(=O)[C@H](CCCN=C(N)N)NC(=O)[C@@H](N)CCCN=C(N)N)C(=O)N[C@@H](CCCN=C(N)N)C(=O)O. The van der Waals surface area contributed by atoms with Crippen molar-refractivity contribution < 1.29 is 86.0 Å². The Hall–Kier alpha value is -8.29. The number of carbonyl (C=O) groups is 9. The summed E-state index contributed by atoms with van der Waals surface area (Å²) in [5, 5.41) is 26.8. The van der Waals surface area contributed by atoms with Crippen molar-refractivity contribution in [2.24, 2.45) is 77.5 Å². The number of amides is 8. The van der Waals surface area contributed by atoms with Crippen molar-refractivity contribution in [3.05, 3.63) is 35.9 Å². The van der Waals surface area contributed by atoms with E-state index in [1.807, 2.05) is 0 Å². The Morgan fingerprint density at radius 3 is 1.42 bits per heavy atom. The zero-order valence-corrected chi connectivity index (χ0v) is 52.3. The molecule has 0 spiro atoms. The van der Waals surface area contributed by atoms with Gasteiger partial charge in [-0.05, 0) is 75.7 Å². The number of nitrogens with one attached hydrogen (secondary N) is 7. The van der Waals surface area contributed by atoms with Crippen LogP contribution >= 0.6 is 15.6 Å². The summed E-state index contributed by atoms with van der Waals surface area (Å²) in [6, 6.07) is -6.53. The molecule has 0 radical (unpaired) electrons. The summed E-state index contributed by atoms with van der Waals surface area (Å²) in [5.74, 6) is -11.7. The summed E-state index contributed by atoms with van der Waals surface area (Å²) in [6.07, 6.45) is -0.173. The summed E-state index contributed by atoms with van der Waals surface area (Å²) < 4.78 is 33.6. The summed E-state index contributed by atoms with van der Waals surface area (Å²) in [5.41, 5.74) is 49.9. The highest BCUT2D eigenvalue weighted by molar-refractivity contribution is 7.46. The first-order chi connectivity index (χ1) is 42.6. The van der Waals surface area contributed by atoms with Crippen molar-refractivity contribution in [2.75, 3.05) is 45.9 Å². The second kappa shape index (κ2) is 39.8. The van der Waals surface area contributed by atoms with Gasteiger partial charge in [-0.15, -0.1) is 0 Å². The van der Waals surface area contributed by atoms with Crippen LogP contribution in [0.1, 0.15) is 90.0 Å². The molecule has 1 aliphatic rings. The molecular formula is C50H89N21O18P2. The molecule has 39 nitrogen and oxygen atoms in total. The van der Waals surface area contributed by atoms with Gasteiger partial charge in [0.2, 0.25) is 47.3 Å². The van der Waals surface area contributed by atoms with E-state index in [-0.39, 0.29) is 127 Å². The number of carbonyl (C=O) groups excluding carboxylic acids is 8. The van der Waals surface area contributed by atoms with Crippen LogP contribution in [0.25, 0.3) is 0 Å². The van der Waals surface area contributed by atoms with E-state index < -0.39 is 149 Å². The van der Waals surface area contributed by atoms with Crippen molar-refractivity contribution >= 4 is 92.7 Å². The Morgan fingerprint density at radius 1 is 0.560 bits per heavy atom. The number of rotatable bonds is 42. The van der Waals surface area contributed by atoms with Gasteiger partial charge in [0.25, 0.3) is 0 Å². The average molecular weight is 1330 g/mol. The maximum atomic E-state index is 14.5. The second-order valence-electron chi connectivity index (χ2n) is 20.9. The number of phosphoric acid groups is 2. The van der Waals surface area contributed by atoms with Crippen molar-refractivity contribution in [2.45, 2.75) is 145 Å². The highest BCUT2D eigenvalue weighted by atomic mass is 31.2. The van der Waals surface area contributed by atoms with Crippen LogP contribution in [0.4, 0.5) is 0 Å². The molecule has 1 heterocycles. The fourth-order valence-electron chi connectivity index (χ4n) is 8.80. The van der Waals surface area contributed by atoms with Gasteiger partial charge < -0.3 is 118 Å². The van der Waals surface area contributed by atoms with E-state index in [0.29, 0.717) is 5.56 Å². The minimum absolute atomic E-state index is 0.00578. The van der Waals surface area contributed by atoms with E-state index in [9.17, 15) is 77.0 Å². The Bertz CT molecular complexity index is 2810. The van der Waals surface area contributed by atoms with Crippen LogP contribution in [-0.4, -0.2) is 207 Å². The lowest BCUT2D eigenvalue weighted by Gasteiger charge is -2.32. The Kier molecular flexibility index (Phi) is 34.4. The quantitative estimate of drug-likeness (QED) is 0.0125. The van der Waals surface area contributed by atoms with E-state index in [1.165, 1.54) is 0 Å². The normalized spacial score (nSPS) is 16.0. The minimum Gasteiger partial charge on any atom is -0.480 e. The van der Waals surface area contributed by atoms with Gasteiger partial charge in [-0.2, -0.15) is 0 Å². The predicted molar refractivity (Wildman–Crippen MR) is 329 cm³/mol. The molecule has 0 unspecified atom stereocenters. The smallest absolute Gasteiger partial charge is 0.469 e. The van der Waals surface area contributed by atoms with E-state index >= 15 is 0 Å². The monoisotopic (exact) mass is 1330 g/mol. The van der Waals surface area contributed by atoms with Crippen LogP contribution in [-0.2, 0) is 67.7 Å². The molecule has 1 aromatic rings. The van der Waals surface area contributed by atoms with E-state index in [0.717, 1.165) is 4.90 Å². The molecular weight excluding hydrogens is 1240 g/mol. The summed E-state index contributed by atoms with van der Waals surface area (Å²) >= 11 is 0. The number of aliphatic carboxylic acids is 1. The van der Waals surface area contributed by atoms with Crippen LogP contribution in [0.2, 0.25) is 0 Å². The number of carboxylic acid groups (broad SMARTS) is 1. The molecule has 0 aromatic heterocycles. The Labute approximate surface area is 523 Å². The minimum atomic E-state index is -5.48. The highest BCUT2D eigenvalue weighted by Crippen LogP contribution is 2.36. The predicted octanol–water partition coefficient (Wildman–Crippen LogP) is -7.50. The number of aliphatic imine (C=N–C) groups is 4. The Balaban J connectivity index is 2.61. The third-order valence-electron chi connectivity index (χ3n) is 13.6. The molecule has 1 aliphatic heterocycles. The fraction of sp³-hybridized carbons (Fsp3) is 0.620. The van der Waals surface area contributed by atoms with Gasteiger partial charge in [0.05, 0.1) is 19.3 Å². The standard InChI is InChI=1S/C50H89N21O18P2/c1-3-27(2)37(44(78)66-32(46(80)81)17-10-22-63-50(58)59)70-43(77)36-18-11-23-71(36)45(79)35(26-89-91(85,86)87)69-40(74)31(16-9-21-62-49(56)57)65-42(76)34(25-88-90(82,83)84)68-41(75)33(24-28-12-5-4-6-13-28)67-39(73)30(15-8-20-61-48(54)55)64-38(72)29(51)14-7-19-60-47(52)53/h4-6,12-13,27,29-37H,3,7-11,14-26,51H2,1-2H3,(H,64,72)(H,65,76)(H,66,78)(H,67,73)(H,68,75)(H,69,74)(H,70,77)(H,80,81)(H4,52,53,60)(H4,54,55,61)(H4,56,57,62)(H4,58,59,63)(H2,82,83,84)(H2,85,86,87)/t27-,29-,30-,31-,32-,33-,34-,35-,36-,37-/m0/s1. The van der Waals surface area contributed by atoms with E-state index in [1.54, 1.807) is 44.2 Å². The van der Waals surface area contributed by atoms with Gasteiger partial charge in [-0.3, -0.25) is 67.4 Å². The number of phosphoric ester groups is 2. The third-order valence-corrected chi connectivity index (χ3v) is 14.6. The lowest BCUT2D eigenvalue weighted by Crippen LogP contribution is -2.61. The molecule has 512 valence electrons. The summed E-state index contributed by atoms with van der Waals surface area (Å²) in [6.45, 7) is 0.497. The maximum absolute atomic E-state index is 14.5. The number of hydrogen-bond donors (Lipinski definition) is 21. The molecule has 0 saturated carbocycles. The number of carboxylic acids is 1. The largest absolute Gasteiger partial charge is 0.480 e. The molecule has 91 heavy (non-hydrogen) atoms. The summed E-state index contributed by atoms with van der Waals surface area (Å²) in [7, 11) is -10.9. The maximum Gasteiger partial charge on any atom is 0.469 e. The highest BCUT2D eigenvalue weighted by Gasteiger charge is 2.42. The van der Waals surface area contributed by atoms with Gasteiger partial charge in [-0.1, -0.05) is 50.6 Å². The number of benzene rings is 1. The van der Waals surface area contributed by atoms with E-state index in [4.69, 9.17) is 51.6 Å². The first-order valence-corrected chi connectivity index (χ1v) is 31.8. The van der Waals surface area contributed by atoms with Gasteiger partial charge in [0.1, 0.15) is 48.3 Å². The van der Waals surface area contributed by atoms with Crippen molar-refractivity contribution in [3.63, 3.8) is 0 Å². The topological polar surface area (TPSA) is 678 Å². The van der Waals surface area contributed by atoms with Crippen LogP contribution in [0.15, 0.2) is 50.3 Å². The van der Waals surface area contributed by atoms with Crippen molar-refractivity contribution in [1.82, 2.24) is 42.1 Å². The molecule has 10 atom stereocenters. The molecule has 1 saturated heterocycles. The lowest BCUT2D eigenvalue weighted by atomic mass is 9.97. The first-order valence-electron chi connectivity index (χ1n) is 28.7. The number of nitrogens with two attached hydrogens (primary N) is 9. The number of nitrogens with zero attached hydrogens (tertiary/aromatic N) is 5. The molecule has 0 aliphatic carbocycles. The Morgan fingerprint density at radius 2 is 0.956 bits per heavy atom. The molecule has 1 aromatic carbocycles. The van der Waals surface area contributed by atoms with Gasteiger partial charge in [0, 0.05) is 39.1 Å². The van der Waals surface area contributed by atoms with Gasteiger partial charge >= 0.3 is 21.6 Å². The molecule has 1 fully saturated rings. The molecule has 8 amide bonds. The number of guanidine groups is 4. The van der Waals surface area contributed by atoms with Crippen LogP contribution < -0.4 is 88.8 Å². The number of hydrogen-bond acceptors (Lipinski definition) is 18. The number of likely N-dealkylation sites (tertiary alicyclic amines) is 1. The van der Waals surface area contributed by atoms with Gasteiger partial charge in [-0.25, -0.2) is 13.9 Å². The van der Waals surface area contributed by atoms with Gasteiger partial charge in [0.15, 0.2) is 23.8 Å². The molecule has 0 bridgehead atoms. The molecule has 30 N–H and O–H groups in total. The fourth-order valence-corrected chi connectivity index (χ4v) is 9.49. The van der Waals surface area contributed by atoms with Crippen molar-refractivity contribution in [3.8, 4) is 0 Å². The summed E-state index contributed by atoms with van der Waals surface area (Å²) in [4.78, 5) is 181. The average Bonchev–Trinajstić information content (AvgIpc) is 1.80. The first kappa shape index (κ1) is 78.8. The van der Waals surface area contributed by atoms with Crippen LogP contribution in [0, 0.1) is 5.92 Å². The molecule has 41 heteroatoms. The zero-order chi connectivity index (χ0) is 68.6. The van der Waals surface area contributed by atoms with E-state index in [2.05, 4.69) is 66.2 Å². The third kappa shape index (κ3) is 31.8. The van der Waals surface area contributed by atoms with Crippen LogP contribution in [0.5, 0.6) is 0 Å².